The van der Waals surface area contributed by atoms with E-state index in [4.69, 9.17) is 18.9 Å². The zero-order valence-electron chi connectivity index (χ0n) is 34.1. The van der Waals surface area contributed by atoms with Gasteiger partial charge < -0.3 is 64.9 Å². The molecule has 4 unspecified atom stereocenters. The van der Waals surface area contributed by atoms with Crippen LogP contribution in [-0.4, -0.2) is 138 Å². The Labute approximate surface area is 337 Å². The molecule has 16 heteroatoms. The molecule has 0 aromatic heterocycles. The number of carboxylic acid groups (broad SMARTS) is 3. The third-order valence-corrected chi connectivity index (χ3v) is 17.0. The Bertz CT molecular complexity index is 1730. The van der Waals surface area contributed by atoms with Gasteiger partial charge in [0.1, 0.15) is 36.6 Å². The molecule has 5 fully saturated rings. The highest BCUT2D eigenvalue weighted by atomic mass is 16.8. The van der Waals surface area contributed by atoms with Crippen LogP contribution in [-0.2, 0) is 33.3 Å². The van der Waals surface area contributed by atoms with Crippen LogP contribution in [0.15, 0.2) is 23.3 Å². The Morgan fingerprint density at radius 2 is 1.33 bits per heavy atom. The van der Waals surface area contributed by atoms with Gasteiger partial charge in [0.15, 0.2) is 24.8 Å². The first-order valence-electron chi connectivity index (χ1n) is 20.7. The molecule has 0 aromatic carbocycles. The van der Waals surface area contributed by atoms with Gasteiger partial charge in [-0.3, -0.25) is 4.79 Å². The maximum absolute atomic E-state index is 12.5. The predicted octanol–water partition coefficient (Wildman–Crippen LogP) is 1.96. The quantitative estimate of drug-likeness (QED) is 0.158. The molecule has 7 rings (SSSR count). The molecule has 7 aliphatic rings. The van der Waals surface area contributed by atoms with Crippen LogP contribution in [0.25, 0.3) is 0 Å². The minimum Gasteiger partial charge on any atom is -0.481 e. The van der Waals surface area contributed by atoms with Gasteiger partial charge in [-0.2, -0.15) is 0 Å². The number of hydrogen-bond acceptors (Lipinski definition) is 13. The number of ether oxygens (including phenoxy) is 4. The van der Waals surface area contributed by atoms with Crippen molar-refractivity contribution in [1.29, 1.82) is 0 Å². The summed E-state index contributed by atoms with van der Waals surface area (Å²) in [5.74, 6) is -4.11. The first kappa shape index (κ1) is 43.6. The number of carbonyl (C=O) groups is 3. The van der Waals surface area contributed by atoms with Crippen molar-refractivity contribution in [3.63, 3.8) is 0 Å². The number of aliphatic hydroxyl groups is 6. The van der Waals surface area contributed by atoms with Crippen LogP contribution < -0.4 is 0 Å². The van der Waals surface area contributed by atoms with Gasteiger partial charge in [-0.1, -0.05) is 52.3 Å². The van der Waals surface area contributed by atoms with Crippen LogP contribution in [0.4, 0.5) is 0 Å². The highest BCUT2D eigenvalue weighted by Gasteiger charge is 2.68. The molecular weight excluding hydrogens is 760 g/mol. The molecule has 0 aromatic rings. The zero-order chi connectivity index (χ0) is 42.7. The normalized spacial score (nSPS) is 52.8. The van der Waals surface area contributed by atoms with Crippen molar-refractivity contribution >= 4 is 17.9 Å². The lowest BCUT2D eigenvalue weighted by Gasteiger charge is -2.69. The summed E-state index contributed by atoms with van der Waals surface area (Å²) in [7, 11) is 0. The first-order valence-corrected chi connectivity index (χ1v) is 20.7. The van der Waals surface area contributed by atoms with Gasteiger partial charge in [0.05, 0.1) is 18.1 Å². The van der Waals surface area contributed by atoms with Crippen molar-refractivity contribution in [2.24, 2.45) is 44.3 Å². The fourth-order valence-electron chi connectivity index (χ4n) is 12.9. The van der Waals surface area contributed by atoms with Crippen molar-refractivity contribution < 1.29 is 79.3 Å². The number of carboxylic acids is 3. The average molecular weight is 823 g/mol. The number of aliphatic carboxylic acids is 3. The second-order valence-corrected chi connectivity index (χ2v) is 20.1. The topological polar surface area (TPSA) is 270 Å². The Morgan fingerprint density at radius 3 is 1.93 bits per heavy atom. The third-order valence-electron chi connectivity index (χ3n) is 17.0. The lowest BCUT2D eigenvalue weighted by Crippen LogP contribution is -2.67. The highest BCUT2D eigenvalue weighted by molar-refractivity contribution is 5.75. The largest absolute Gasteiger partial charge is 0.481 e. The Hall–Kier alpha value is -2.51. The molecular formula is C42H62O16. The van der Waals surface area contributed by atoms with E-state index in [1.165, 1.54) is 11.1 Å². The van der Waals surface area contributed by atoms with E-state index in [2.05, 4.69) is 39.8 Å². The first-order chi connectivity index (χ1) is 26.9. The van der Waals surface area contributed by atoms with E-state index in [0.29, 0.717) is 32.1 Å². The molecule has 5 aliphatic carbocycles. The second kappa shape index (κ2) is 14.6. The van der Waals surface area contributed by atoms with E-state index in [-0.39, 0.29) is 40.1 Å². The van der Waals surface area contributed by atoms with E-state index in [1.807, 2.05) is 13.8 Å². The van der Waals surface area contributed by atoms with E-state index in [0.717, 1.165) is 25.7 Å². The molecule has 0 spiro atoms. The van der Waals surface area contributed by atoms with Crippen molar-refractivity contribution in [2.75, 3.05) is 6.61 Å². The maximum atomic E-state index is 12.5. The monoisotopic (exact) mass is 822 g/mol. The fraction of sp³-hybridized carbons (Fsp3) is 0.833. The molecule has 2 saturated heterocycles. The molecule has 0 amide bonds. The van der Waals surface area contributed by atoms with Gasteiger partial charge in [0, 0.05) is 5.41 Å². The number of allylic oxidation sites excluding steroid dienone is 4. The molecule has 16 nitrogen and oxygen atoms in total. The fourth-order valence-corrected chi connectivity index (χ4v) is 12.9. The van der Waals surface area contributed by atoms with Crippen LogP contribution in [0.3, 0.4) is 0 Å². The van der Waals surface area contributed by atoms with Crippen LogP contribution in [0.1, 0.15) is 99.3 Å². The van der Waals surface area contributed by atoms with Gasteiger partial charge in [0.25, 0.3) is 0 Å². The van der Waals surface area contributed by atoms with Crippen LogP contribution >= 0.6 is 0 Å². The molecule has 2 heterocycles. The highest BCUT2D eigenvalue weighted by Crippen LogP contribution is 2.74. The summed E-state index contributed by atoms with van der Waals surface area (Å²) in [6.45, 7) is 12.7. The predicted molar refractivity (Wildman–Crippen MR) is 200 cm³/mol. The molecule has 3 saturated carbocycles. The SMILES string of the molecule is CC12CC[C@@]3(C)CC[C@](C)(C(=O)O)CC3=C1C=CC1[C@@]3(C)CC[C@H](O[C@@H]4O[C@H](C(=O)O)C(O)[C@H](O)[C@H]4O[C@@H]4O[C@H](C(=O)O)[C@@H](O)[C@H](O)[C@H]4O)[C@](C)(CO)C3CC[C@]12C. The number of hydrogen-bond donors (Lipinski definition) is 9. The zero-order valence-corrected chi connectivity index (χ0v) is 34.1. The maximum Gasteiger partial charge on any atom is 0.335 e. The molecule has 326 valence electrons. The lowest BCUT2D eigenvalue weighted by molar-refractivity contribution is -0.372. The van der Waals surface area contributed by atoms with Gasteiger partial charge >= 0.3 is 17.9 Å². The molecule has 0 radical (unpaired) electrons. The van der Waals surface area contributed by atoms with E-state index in [9.17, 15) is 60.3 Å². The summed E-state index contributed by atoms with van der Waals surface area (Å²) in [4.78, 5) is 36.5. The van der Waals surface area contributed by atoms with E-state index < -0.39 is 96.3 Å². The van der Waals surface area contributed by atoms with Crippen LogP contribution in [0.5, 0.6) is 0 Å². The third kappa shape index (κ3) is 6.26. The summed E-state index contributed by atoms with van der Waals surface area (Å²) in [6, 6.07) is 0. The minimum atomic E-state index is -2.06. The standard InChI is InChI=1S/C42H62O16/c1-37-13-14-38(2,36(53)54)17-20(37)19-7-8-22-39(3)11-10-23(40(4,18-43)21(39)9-12-42(22,6)41(19,5)16-15-37)55-35-31(27(47)26(46)30(57-35)33(51)52)58-34-28(48)24(44)25(45)29(56-34)32(49)50/h7-8,21-31,34-35,43-48H,9-18H2,1-6H3,(H,49,50)(H,51,52)(H,53,54)/t21?,22?,23-,24-,25-,26?,27-,28+,29-,30-,31+,34-,35+,37+,38-,39-,40+,41?,42+/m0/s1. The van der Waals surface area contributed by atoms with Crippen molar-refractivity contribution in [3.05, 3.63) is 23.3 Å². The van der Waals surface area contributed by atoms with Crippen molar-refractivity contribution in [2.45, 2.75) is 167 Å². The smallest absolute Gasteiger partial charge is 0.335 e. The van der Waals surface area contributed by atoms with Crippen molar-refractivity contribution in [1.82, 2.24) is 0 Å². The van der Waals surface area contributed by atoms with Gasteiger partial charge in [-0.15, -0.1) is 0 Å². The number of fused-ring (bicyclic) bond motifs is 6. The van der Waals surface area contributed by atoms with Crippen molar-refractivity contribution in [3.8, 4) is 0 Å². The molecule has 9 N–H and O–H groups in total. The molecule has 19 atom stereocenters. The van der Waals surface area contributed by atoms with Gasteiger partial charge in [-0.25, -0.2) is 9.59 Å². The molecule has 0 bridgehead atoms. The summed E-state index contributed by atoms with van der Waals surface area (Å²) >= 11 is 0. The second-order valence-electron chi connectivity index (χ2n) is 20.1. The summed E-state index contributed by atoms with van der Waals surface area (Å²) in [5.41, 5.74) is -0.0843. The van der Waals surface area contributed by atoms with Gasteiger partial charge in [-0.05, 0) is 104 Å². The Morgan fingerprint density at radius 1 is 0.724 bits per heavy atom. The Kier molecular flexibility index (Phi) is 10.9. The summed E-state index contributed by atoms with van der Waals surface area (Å²) in [6.07, 6.45) is -9.53. The summed E-state index contributed by atoms with van der Waals surface area (Å²) in [5, 5.41) is 94.4. The minimum absolute atomic E-state index is 0.0600. The van der Waals surface area contributed by atoms with E-state index >= 15 is 0 Å². The van der Waals surface area contributed by atoms with Crippen LogP contribution in [0, 0.1) is 44.3 Å². The lowest BCUT2D eigenvalue weighted by atomic mass is 9.35. The number of aliphatic hydroxyl groups excluding tert-OH is 6. The number of rotatable bonds is 8. The Balaban J connectivity index is 1.19. The summed E-state index contributed by atoms with van der Waals surface area (Å²) < 4.78 is 23.3. The average Bonchev–Trinajstić information content (AvgIpc) is 3.16. The van der Waals surface area contributed by atoms with Crippen LogP contribution in [0.2, 0.25) is 0 Å². The van der Waals surface area contributed by atoms with Gasteiger partial charge in [0.2, 0.25) is 0 Å². The van der Waals surface area contributed by atoms with E-state index in [1.54, 1.807) is 0 Å². The molecule has 58 heavy (non-hydrogen) atoms. The molecule has 2 aliphatic heterocycles.